The van der Waals surface area contributed by atoms with Crippen molar-refractivity contribution in [1.82, 2.24) is 4.98 Å². The molecule has 0 atom stereocenters. The maximum absolute atomic E-state index is 5.75. The van der Waals surface area contributed by atoms with E-state index in [9.17, 15) is 0 Å². The molecule has 0 radical (unpaired) electrons. The fourth-order valence-electron chi connectivity index (χ4n) is 1.90. The van der Waals surface area contributed by atoms with Crippen molar-refractivity contribution in [3.05, 3.63) is 47.2 Å². The molecule has 1 heterocycles. The molecule has 1 aromatic heterocycles. The van der Waals surface area contributed by atoms with Crippen LogP contribution in [0.1, 0.15) is 16.8 Å². The van der Waals surface area contributed by atoms with Crippen LogP contribution in [0, 0.1) is 13.8 Å². The van der Waals surface area contributed by atoms with Gasteiger partial charge in [0.05, 0.1) is 18.5 Å². The summed E-state index contributed by atoms with van der Waals surface area (Å²) >= 11 is 0. The summed E-state index contributed by atoms with van der Waals surface area (Å²) in [7, 11) is 1.68. The van der Waals surface area contributed by atoms with Crippen LogP contribution in [0.3, 0.4) is 0 Å². The Morgan fingerprint density at radius 3 is 2.68 bits per heavy atom. The van der Waals surface area contributed by atoms with E-state index in [1.165, 1.54) is 5.56 Å². The maximum Gasteiger partial charge on any atom is 0.126 e. The summed E-state index contributed by atoms with van der Waals surface area (Å²) in [4.78, 5) is 4.39. The molecule has 100 valence electrons. The molecule has 0 aliphatic heterocycles. The van der Waals surface area contributed by atoms with Gasteiger partial charge < -0.3 is 15.8 Å². The number of nitrogens with one attached hydrogen (secondary N) is 1. The van der Waals surface area contributed by atoms with E-state index in [-0.39, 0.29) is 0 Å². The Hall–Kier alpha value is -2.23. The molecule has 3 N–H and O–H groups in total. The zero-order valence-corrected chi connectivity index (χ0v) is 11.5. The van der Waals surface area contributed by atoms with E-state index in [0.717, 1.165) is 22.8 Å². The Bertz CT molecular complexity index is 582. The van der Waals surface area contributed by atoms with Crippen molar-refractivity contribution in [1.29, 1.82) is 0 Å². The quantitative estimate of drug-likeness (QED) is 0.884. The first-order chi connectivity index (χ1) is 9.10. The number of methoxy groups -OCH3 is 1. The Labute approximate surface area is 113 Å². The molecule has 1 aromatic carbocycles. The van der Waals surface area contributed by atoms with E-state index >= 15 is 0 Å². The number of hydrogen-bond donors (Lipinski definition) is 2. The normalized spacial score (nSPS) is 10.3. The molecule has 0 fully saturated rings. The predicted octanol–water partition coefficient (Wildman–Crippen LogP) is 2.90. The highest BCUT2D eigenvalue weighted by Gasteiger charge is 2.04. The van der Waals surface area contributed by atoms with Gasteiger partial charge in [0.25, 0.3) is 0 Å². The highest BCUT2D eigenvalue weighted by atomic mass is 16.5. The van der Waals surface area contributed by atoms with E-state index in [1.807, 2.05) is 31.2 Å². The van der Waals surface area contributed by atoms with Gasteiger partial charge in [0.1, 0.15) is 11.6 Å². The van der Waals surface area contributed by atoms with Crippen LogP contribution < -0.4 is 15.8 Å². The summed E-state index contributed by atoms with van der Waals surface area (Å²) in [6.45, 7) is 4.63. The van der Waals surface area contributed by atoms with Crippen LogP contribution in [0.5, 0.6) is 5.75 Å². The average molecular weight is 257 g/mol. The van der Waals surface area contributed by atoms with Gasteiger partial charge in [-0.1, -0.05) is 17.7 Å². The van der Waals surface area contributed by atoms with Crippen LogP contribution in [-0.2, 0) is 6.54 Å². The minimum absolute atomic E-state index is 0.668. The van der Waals surface area contributed by atoms with Crippen LogP contribution in [0.2, 0.25) is 0 Å². The number of benzene rings is 1. The van der Waals surface area contributed by atoms with Gasteiger partial charge in [-0.15, -0.1) is 0 Å². The van der Waals surface area contributed by atoms with Crippen molar-refractivity contribution >= 4 is 11.5 Å². The SMILES string of the molecule is COc1ccc(C)cc1CNc1ccc(N)c(C)n1. The minimum Gasteiger partial charge on any atom is -0.496 e. The molecule has 19 heavy (non-hydrogen) atoms. The molecule has 2 aromatic rings. The third-order valence-corrected chi connectivity index (χ3v) is 3.02. The molecule has 0 unspecified atom stereocenters. The second kappa shape index (κ2) is 5.61. The molecule has 0 aliphatic rings. The molecule has 2 rings (SSSR count). The summed E-state index contributed by atoms with van der Waals surface area (Å²) in [6.07, 6.45) is 0. The van der Waals surface area contributed by atoms with Gasteiger partial charge in [0, 0.05) is 12.1 Å². The lowest BCUT2D eigenvalue weighted by molar-refractivity contribution is 0.410. The molecule has 4 nitrogen and oxygen atoms in total. The predicted molar refractivity (Wildman–Crippen MR) is 78.4 cm³/mol. The Kier molecular flexibility index (Phi) is 3.90. The number of nitrogens with zero attached hydrogens (tertiary/aromatic N) is 1. The molecule has 0 aliphatic carbocycles. The number of anilines is 2. The lowest BCUT2D eigenvalue weighted by atomic mass is 10.1. The molecule has 0 saturated carbocycles. The highest BCUT2D eigenvalue weighted by Crippen LogP contribution is 2.21. The standard InChI is InChI=1S/C15H19N3O/c1-10-4-6-14(19-3)12(8-10)9-17-15-7-5-13(16)11(2)18-15/h4-8H,9,16H2,1-3H3,(H,17,18). The summed E-state index contributed by atoms with van der Waals surface area (Å²) in [5.74, 6) is 1.69. The van der Waals surface area contributed by atoms with Gasteiger partial charge in [0.15, 0.2) is 0 Å². The van der Waals surface area contributed by atoms with Crippen LogP contribution in [-0.4, -0.2) is 12.1 Å². The fraction of sp³-hybridized carbons (Fsp3) is 0.267. The van der Waals surface area contributed by atoms with Gasteiger partial charge >= 0.3 is 0 Å². The van der Waals surface area contributed by atoms with E-state index in [1.54, 1.807) is 7.11 Å². The second-order valence-electron chi connectivity index (χ2n) is 4.54. The first-order valence-corrected chi connectivity index (χ1v) is 6.20. The molecular formula is C15H19N3O. The van der Waals surface area contributed by atoms with Crippen molar-refractivity contribution in [2.45, 2.75) is 20.4 Å². The summed E-state index contributed by atoms with van der Waals surface area (Å²) in [6, 6.07) is 9.86. The molecule has 0 saturated heterocycles. The van der Waals surface area contributed by atoms with Crippen LogP contribution in [0.15, 0.2) is 30.3 Å². The van der Waals surface area contributed by atoms with Crippen molar-refractivity contribution in [2.24, 2.45) is 0 Å². The number of nitrogens with two attached hydrogens (primary N) is 1. The number of aromatic nitrogens is 1. The zero-order chi connectivity index (χ0) is 13.8. The Balaban J connectivity index is 2.13. The van der Waals surface area contributed by atoms with Gasteiger partial charge in [-0.05, 0) is 32.0 Å². The maximum atomic E-state index is 5.75. The smallest absolute Gasteiger partial charge is 0.126 e. The number of nitrogen functional groups attached to an aromatic ring is 1. The molecule has 0 amide bonds. The van der Waals surface area contributed by atoms with E-state index in [0.29, 0.717) is 12.2 Å². The van der Waals surface area contributed by atoms with Crippen molar-refractivity contribution < 1.29 is 4.74 Å². The molecule has 0 bridgehead atoms. The highest BCUT2D eigenvalue weighted by molar-refractivity contribution is 5.49. The fourth-order valence-corrected chi connectivity index (χ4v) is 1.90. The first-order valence-electron chi connectivity index (χ1n) is 6.20. The first kappa shape index (κ1) is 13.2. The summed E-state index contributed by atoms with van der Waals surface area (Å²) in [5.41, 5.74) is 9.61. The summed E-state index contributed by atoms with van der Waals surface area (Å²) < 4.78 is 5.35. The molecular weight excluding hydrogens is 238 g/mol. The third kappa shape index (κ3) is 3.16. The van der Waals surface area contributed by atoms with E-state index in [4.69, 9.17) is 10.5 Å². The van der Waals surface area contributed by atoms with E-state index < -0.39 is 0 Å². The number of pyridine rings is 1. The van der Waals surface area contributed by atoms with E-state index in [2.05, 4.69) is 23.3 Å². The van der Waals surface area contributed by atoms with Crippen molar-refractivity contribution in [2.75, 3.05) is 18.2 Å². The lowest BCUT2D eigenvalue weighted by Crippen LogP contribution is -2.05. The van der Waals surface area contributed by atoms with Gasteiger partial charge in [-0.3, -0.25) is 0 Å². The topological polar surface area (TPSA) is 60.2 Å². The van der Waals surface area contributed by atoms with Crippen molar-refractivity contribution in [3.8, 4) is 5.75 Å². The minimum atomic E-state index is 0.668. The largest absolute Gasteiger partial charge is 0.496 e. The number of rotatable bonds is 4. The van der Waals surface area contributed by atoms with Crippen LogP contribution in [0.4, 0.5) is 11.5 Å². The lowest BCUT2D eigenvalue weighted by Gasteiger charge is -2.11. The Morgan fingerprint density at radius 1 is 1.21 bits per heavy atom. The third-order valence-electron chi connectivity index (χ3n) is 3.02. The average Bonchev–Trinajstić information content (AvgIpc) is 2.40. The van der Waals surface area contributed by atoms with Crippen LogP contribution in [0.25, 0.3) is 0 Å². The zero-order valence-electron chi connectivity index (χ0n) is 11.5. The second-order valence-corrected chi connectivity index (χ2v) is 4.54. The molecule has 0 spiro atoms. The van der Waals surface area contributed by atoms with Gasteiger partial charge in [0.2, 0.25) is 0 Å². The number of ether oxygens (including phenoxy) is 1. The molecule has 4 heteroatoms. The monoisotopic (exact) mass is 257 g/mol. The van der Waals surface area contributed by atoms with Gasteiger partial charge in [-0.2, -0.15) is 0 Å². The van der Waals surface area contributed by atoms with Crippen molar-refractivity contribution in [3.63, 3.8) is 0 Å². The number of hydrogen-bond acceptors (Lipinski definition) is 4. The summed E-state index contributed by atoms with van der Waals surface area (Å²) in [5, 5.41) is 3.28. The van der Waals surface area contributed by atoms with Gasteiger partial charge in [-0.25, -0.2) is 4.98 Å². The Morgan fingerprint density at radius 2 is 2.00 bits per heavy atom. The number of aryl methyl sites for hydroxylation is 2. The van der Waals surface area contributed by atoms with Crippen LogP contribution >= 0.6 is 0 Å².